The van der Waals surface area contributed by atoms with Crippen molar-refractivity contribution in [3.8, 4) is 0 Å². The molecule has 1 aliphatic rings. The van der Waals surface area contributed by atoms with Crippen LogP contribution in [-0.4, -0.2) is 5.91 Å². The molecular weight excluding hydrogens is 253 g/mol. The van der Waals surface area contributed by atoms with E-state index in [1.54, 1.807) is 0 Å². The number of primary amides is 1. The summed E-state index contributed by atoms with van der Waals surface area (Å²) >= 11 is 0. The van der Waals surface area contributed by atoms with E-state index in [1.807, 2.05) is 0 Å². The van der Waals surface area contributed by atoms with Gasteiger partial charge in [0.2, 0.25) is 5.91 Å². The predicted molar refractivity (Wildman–Crippen MR) is 35.5 cm³/mol. The van der Waals surface area contributed by atoms with Crippen LogP contribution in [0, 0.1) is 47.9 Å². The Morgan fingerprint density at radius 3 is 2.20 bits per heavy atom. The standard InChI is InChI=1S/C7H12NO.La/c8-7(9)6-4-2-1-3-5-6;/h1,6H,2-5H2,(H2,8,9);/q-1;. The van der Waals surface area contributed by atoms with Gasteiger partial charge < -0.3 is 12.2 Å². The predicted octanol–water partition coefficient (Wildman–Crippen LogP) is 0.866. The molecule has 1 fully saturated rings. The molecule has 55 valence electrons. The maximum absolute atomic E-state index is 10.6. The van der Waals surface area contributed by atoms with Gasteiger partial charge in [0.1, 0.15) is 0 Å². The minimum absolute atomic E-state index is 0. The molecule has 1 radical (unpaired) electrons. The van der Waals surface area contributed by atoms with Crippen LogP contribution < -0.4 is 5.73 Å². The van der Waals surface area contributed by atoms with Gasteiger partial charge in [-0.3, -0.25) is 4.79 Å². The number of carbonyl (C=O) groups is 1. The van der Waals surface area contributed by atoms with Gasteiger partial charge in [-0.15, -0.1) is 0 Å². The molecule has 2 N–H and O–H groups in total. The third-order valence-corrected chi connectivity index (χ3v) is 1.84. The van der Waals surface area contributed by atoms with E-state index in [-0.39, 0.29) is 47.4 Å². The van der Waals surface area contributed by atoms with Crippen molar-refractivity contribution in [1.82, 2.24) is 0 Å². The zero-order valence-corrected chi connectivity index (χ0v) is 9.67. The summed E-state index contributed by atoms with van der Waals surface area (Å²) < 4.78 is 0. The van der Waals surface area contributed by atoms with E-state index >= 15 is 0 Å². The van der Waals surface area contributed by atoms with Crippen molar-refractivity contribution in [2.45, 2.75) is 25.7 Å². The van der Waals surface area contributed by atoms with Gasteiger partial charge in [-0.05, 0) is 0 Å². The maximum atomic E-state index is 10.6. The van der Waals surface area contributed by atoms with E-state index in [0.29, 0.717) is 0 Å². The summed E-state index contributed by atoms with van der Waals surface area (Å²) in [5.41, 5.74) is 5.11. The summed E-state index contributed by atoms with van der Waals surface area (Å²) in [5.74, 6) is 0.0399. The Balaban J connectivity index is 0.000000810. The summed E-state index contributed by atoms with van der Waals surface area (Å²) in [6, 6.07) is 0. The Bertz CT molecular complexity index is 110. The largest absolute Gasteiger partial charge is 0.369 e. The average molecular weight is 265 g/mol. The third kappa shape index (κ3) is 3.17. The van der Waals surface area contributed by atoms with E-state index in [4.69, 9.17) is 5.73 Å². The number of amides is 1. The van der Waals surface area contributed by atoms with Gasteiger partial charge >= 0.3 is 0 Å². The fourth-order valence-corrected chi connectivity index (χ4v) is 1.21. The van der Waals surface area contributed by atoms with Crippen molar-refractivity contribution in [3.05, 3.63) is 6.42 Å². The Kier molecular flexibility index (Phi) is 5.69. The monoisotopic (exact) mass is 265 g/mol. The summed E-state index contributed by atoms with van der Waals surface area (Å²) in [6.45, 7) is 0. The minimum Gasteiger partial charge on any atom is -0.369 e. The van der Waals surface area contributed by atoms with Gasteiger partial charge in [0.05, 0.1) is 0 Å². The van der Waals surface area contributed by atoms with Crippen LogP contribution in [0.15, 0.2) is 0 Å². The van der Waals surface area contributed by atoms with Gasteiger partial charge in [0.15, 0.2) is 0 Å². The quantitative estimate of drug-likeness (QED) is 0.702. The Morgan fingerprint density at radius 1 is 1.40 bits per heavy atom. The molecule has 0 aromatic rings. The van der Waals surface area contributed by atoms with Crippen LogP contribution in [0.5, 0.6) is 0 Å². The van der Waals surface area contributed by atoms with Crippen LogP contribution in [0.3, 0.4) is 0 Å². The van der Waals surface area contributed by atoms with E-state index in [2.05, 4.69) is 6.42 Å². The molecule has 10 heavy (non-hydrogen) atoms. The average Bonchev–Trinajstić information content (AvgIpc) is 1.90. The normalized spacial score (nSPS) is 19.6. The Hall–Kier alpha value is 0.665. The zero-order valence-electron chi connectivity index (χ0n) is 6.05. The first kappa shape index (κ1) is 10.7. The SMILES string of the molecule is NC(=O)C1CC[CH-]CC1.[La]. The molecule has 1 aliphatic carbocycles. The molecule has 0 aliphatic heterocycles. The van der Waals surface area contributed by atoms with Gasteiger partial charge in [-0.2, -0.15) is 12.8 Å². The Labute approximate surface area is 89.5 Å². The topological polar surface area (TPSA) is 43.1 Å². The van der Waals surface area contributed by atoms with E-state index in [9.17, 15) is 4.79 Å². The first-order valence-electron chi connectivity index (χ1n) is 3.41. The maximum Gasteiger partial charge on any atom is 0.220 e. The van der Waals surface area contributed by atoms with E-state index in [1.165, 1.54) is 0 Å². The third-order valence-electron chi connectivity index (χ3n) is 1.84. The van der Waals surface area contributed by atoms with Crippen molar-refractivity contribution in [2.75, 3.05) is 0 Å². The van der Waals surface area contributed by atoms with Crippen LogP contribution in [0.2, 0.25) is 0 Å². The molecule has 1 saturated carbocycles. The summed E-state index contributed by atoms with van der Waals surface area (Å²) in [4.78, 5) is 10.6. The van der Waals surface area contributed by atoms with Crippen molar-refractivity contribution < 1.29 is 40.4 Å². The number of carbonyl (C=O) groups excluding carboxylic acids is 1. The van der Waals surface area contributed by atoms with Crippen LogP contribution in [0.4, 0.5) is 0 Å². The van der Waals surface area contributed by atoms with E-state index < -0.39 is 0 Å². The van der Waals surface area contributed by atoms with Crippen LogP contribution in [0.1, 0.15) is 25.7 Å². The molecule has 0 atom stereocenters. The molecule has 0 bridgehead atoms. The Morgan fingerprint density at radius 2 is 1.90 bits per heavy atom. The number of hydrogen-bond donors (Lipinski definition) is 1. The summed E-state index contributed by atoms with van der Waals surface area (Å²) in [6.07, 6.45) is 6.28. The van der Waals surface area contributed by atoms with Crippen molar-refractivity contribution in [1.29, 1.82) is 0 Å². The fraction of sp³-hybridized carbons (Fsp3) is 0.714. The molecule has 1 rings (SSSR count). The molecule has 0 aromatic carbocycles. The molecule has 0 aromatic heterocycles. The number of hydrogen-bond acceptors (Lipinski definition) is 1. The molecule has 0 saturated heterocycles. The van der Waals surface area contributed by atoms with Crippen molar-refractivity contribution >= 4 is 5.91 Å². The molecule has 3 heteroatoms. The molecular formula is C7H12LaNO-. The molecule has 1 amide bonds. The van der Waals surface area contributed by atoms with Gasteiger partial charge in [0, 0.05) is 41.5 Å². The number of rotatable bonds is 1. The van der Waals surface area contributed by atoms with Gasteiger partial charge in [-0.1, -0.05) is 12.8 Å². The smallest absolute Gasteiger partial charge is 0.220 e. The molecule has 0 heterocycles. The van der Waals surface area contributed by atoms with Crippen molar-refractivity contribution in [3.63, 3.8) is 0 Å². The van der Waals surface area contributed by atoms with Crippen LogP contribution in [0.25, 0.3) is 0 Å². The fourth-order valence-electron chi connectivity index (χ4n) is 1.21. The molecule has 2 nitrogen and oxygen atoms in total. The molecule has 0 spiro atoms. The first-order valence-corrected chi connectivity index (χ1v) is 3.41. The van der Waals surface area contributed by atoms with Crippen LogP contribution >= 0.6 is 0 Å². The van der Waals surface area contributed by atoms with Gasteiger partial charge in [-0.25, -0.2) is 0 Å². The van der Waals surface area contributed by atoms with Gasteiger partial charge in [0.25, 0.3) is 0 Å². The second kappa shape index (κ2) is 5.33. The summed E-state index contributed by atoms with van der Waals surface area (Å²) in [5, 5.41) is 0. The minimum atomic E-state index is -0.122. The second-order valence-electron chi connectivity index (χ2n) is 2.54. The second-order valence-corrected chi connectivity index (χ2v) is 2.54. The van der Waals surface area contributed by atoms with Crippen LogP contribution in [-0.2, 0) is 4.79 Å². The first-order chi connectivity index (χ1) is 4.30. The number of nitrogens with two attached hydrogens (primary N) is 1. The zero-order chi connectivity index (χ0) is 6.69. The van der Waals surface area contributed by atoms with Crippen molar-refractivity contribution in [2.24, 2.45) is 11.7 Å². The van der Waals surface area contributed by atoms with E-state index in [0.717, 1.165) is 25.7 Å². The summed E-state index contributed by atoms with van der Waals surface area (Å²) in [7, 11) is 0. The molecule has 0 unspecified atom stereocenters.